The quantitative estimate of drug-likeness (QED) is 0.722. The summed E-state index contributed by atoms with van der Waals surface area (Å²) in [6.45, 7) is 5.92. The van der Waals surface area contributed by atoms with Crippen molar-refractivity contribution in [3.05, 3.63) is 0 Å². The molecule has 0 bridgehead atoms. The van der Waals surface area contributed by atoms with Crippen molar-refractivity contribution in [1.82, 2.24) is 4.90 Å². The number of nitrogens with two attached hydrogens (primary N) is 1. The highest BCUT2D eigenvalue weighted by Gasteiger charge is 2.35. The molecule has 2 amide bonds. The third kappa shape index (κ3) is 3.11. The van der Waals surface area contributed by atoms with Crippen LogP contribution in [-0.4, -0.2) is 35.1 Å². The lowest BCUT2D eigenvalue weighted by Crippen LogP contribution is -2.45. The minimum atomic E-state index is -0.540. The maximum Gasteiger partial charge on any atom is 0.410 e. The molecule has 1 aliphatic heterocycles. The van der Waals surface area contributed by atoms with Crippen LogP contribution in [0.2, 0.25) is 0 Å². The maximum absolute atomic E-state index is 11.7. The fraction of sp³-hybridized carbons (Fsp3) is 0.800. The Morgan fingerprint density at radius 1 is 1.47 bits per heavy atom. The number of carbonyl (C=O) groups is 2. The van der Waals surface area contributed by atoms with E-state index in [0.717, 1.165) is 6.42 Å². The van der Waals surface area contributed by atoms with E-state index in [4.69, 9.17) is 10.5 Å². The Balaban J connectivity index is 0. The Labute approximate surface area is 92.5 Å². The molecule has 0 aromatic heterocycles. The van der Waals surface area contributed by atoms with Gasteiger partial charge in [0, 0.05) is 9.40 Å². The van der Waals surface area contributed by atoms with Crippen LogP contribution in [0.5, 0.6) is 0 Å². The van der Waals surface area contributed by atoms with Crippen molar-refractivity contribution < 1.29 is 17.2 Å². The zero-order valence-electron chi connectivity index (χ0n) is 9.45. The monoisotopic (exact) mass is 218 g/mol. The molecule has 1 rings (SSSR count). The van der Waals surface area contributed by atoms with E-state index >= 15 is 0 Å². The van der Waals surface area contributed by atoms with Gasteiger partial charge in [-0.05, 0) is 33.6 Å². The van der Waals surface area contributed by atoms with E-state index in [1.54, 1.807) is 20.8 Å². The first kappa shape index (κ1) is 11.8. The zero-order valence-corrected chi connectivity index (χ0v) is 9.45. The number of amides is 2. The maximum atomic E-state index is 11.7. The highest BCUT2D eigenvalue weighted by Crippen LogP contribution is 2.20. The summed E-state index contributed by atoms with van der Waals surface area (Å²) < 4.78 is 5.18. The van der Waals surface area contributed by atoms with Gasteiger partial charge in [-0.3, -0.25) is 9.69 Å². The number of nitrogens with zero attached hydrogens (tertiary/aromatic N) is 1. The van der Waals surface area contributed by atoms with Crippen LogP contribution in [0.4, 0.5) is 4.79 Å². The average Bonchev–Trinajstić information content (AvgIpc) is 2.47. The predicted octanol–water partition coefficient (Wildman–Crippen LogP) is 1.36. The van der Waals surface area contributed by atoms with Gasteiger partial charge in [-0.15, -0.1) is 0 Å². The zero-order chi connectivity index (χ0) is 11.6. The van der Waals surface area contributed by atoms with E-state index in [9.17, 15) is 9.59 Å². The second kappa shape index (κ2) is 4.08. The fourth-order valence-electron chi connectivity index (χ4n) is 1.60. The molecule has 1 saturated heterocycles. The van der Waals surface area contributed by atoms with E-state index in [1.807, 2.05) is 0 Å². The summed E-state index contributed by atoms with van der Waals surface area (Å²) in [5.41, 5.74) is 4.66. The molecule has 0 aliphatic carbocycles. The molecule has 0 unspecified atom stereocenters. The van der Waals surface area contributed by atoms with Gasteiger partial charge in [0.05, 0.1) is 0 Å². The molecule has 0 aromatic rings. The number of ether oxygens (including phenoxy) is 1. The van der Waals surface area contributed by atoms with Crippen molar-refractivity contribution in [3.63, 3.8) is 0 Å². The Kier molecular flexibility index (Phi) is 3.21. The van der Waals surface area contributed by atoms with Gasteiger partial charge < -0.3 is 10.5 Å². The molecule has 1 fully saturated rings. The smallest absolute Gasteiger partial charge is 0.410 e. The lowest BCUT2D eigenvalue weighted by molar-refractivity contribution is -0.122. The van der Waals surface area contributed by atoms with E-state index in [0.29, 0.717) is 13.0 Å². The van der Waals surface area contributed by atoms with Crippen molar-refractivity contribution in [2.24, 2.45) is 5.73 Å². The van der Waals surface area contributed by atoms with Gasteiger partial charge in [-0.25, -0.2) is 4.79 Å². The molecule has 1 aliphatic rings. The summed E-state index contributed by atoms with van der Waals surface area (Å²) in [6, 6.07) is -0.500. The van der Waals surface area contributed by atoms with E-state index in [1.165, 1.54) is 4.90 Å². The van der Waals surface area contributed by atoms with Crippen molar-refractivity contribution in [1.29, 1.82) is 0 Å². The van der Waals surface area contributed by atoms with Gasteiger partial charge in [-0.1, -0.05) is 0 Å². The Morgan fingerprint density at radius 2 is 2.07 bits per heavy atom. The normalized spacial score (nSPS) is 21.5. The molecule has 0 aromatic carbocycles. The highest BCUT2D eigenvalue weighted by molar-refractivity contribution is 5.84. The second-order valence-corrected chi connectivity index (χ2v) is 4.73. The molecule has 0 spiro atoms. The summed E-state index contributed by atoms with van der Waals surface area (Å²) in [4.78, 5) is 24.1. The first-order valence-electron chi connectivity index (χ1n) is 5.10. The van der Waals surface area contributed by atoms with Crippen LogP contribution in [-0.2, 0) is 9.53 Å². The molecule has 1 atom stereocenters. The standard InChI is InChI=1S/C10H18N2O3.2H2/c1-10(2,3)15-9(14)12-6-4-5-7(12)8(11)13;;/h7H,4-6H2,1-3H3,(H2,11,13);2*1H/t7-;;/m0../s1. The average molecular weight is 218 g/mol. The molecule has 90 valence electrons. The summed E-state index contributed by atoms with van der Waals surface area (Å²) in [7, 11) is 0. The van der Waals surface area contributed by atoms with Crippen LogP contribution in [0.3, 0.4) is 0 Å². The molecule has 5 heteroatoms. The molecular formula is C10H22N2O3. The van der Waals surface area contributed by atoms with Gasteiger partial charge >= 0.3 is 6.09 Å². The largest absolute Gasteiger partial charge is 0.444 e. The van der Waals surface area contributed by atoms with Gasteiger partial charge in [0.2, 0.25) is 5.91 Å². The lowest BCUT2D eigenvalue weighted by atomic mass is 10.2. The van der Waals surface area contributed by atoms with Crippen LogP contribution < -0.4 is 5.73 Å². The summed E-state index contributed by atoms with van der Waals surface area (Å²) in [5, 5.41) is 0. The van der Waals surface area contributed by atoms with E-state index < -0.39 is 23.6 Å². The minimum Gasteiger partial charge on any atom is -0.444 e. The number of primary amides is 1. The molecule has 2 N–H and O–H groups in total. The van der Waals surface area contributed by atoms with Gasteiger partial charge in [0.1, 0.15) is 11.6 Å². The van der Waals surface area contributed by atoms with E-state index in [-0.39, 0.29) is 2.85 Å². The Morgan fingerprint density at radius 3 is 2.53 bits per heavy atom. The summed E-state index contributed by atoms with van der Waals surface area (Å²) in [5.74, 6) is -0.460. The fourth-order valence-corrected chi connectivity index (χ4v) is 1.60. The highest BCUT2D eigenvalue weighted by atomic mass is 16.6. The number of hydrogen-bond acceptors (Lipinski definition) is 3. The summed E-state index contributed by atoms with van der Waals surface area (Å²) in [6.07, 6.45) is 0.977. The summed E-state index contributed by atoms with van der Waals surface area (Å²) >= 11 is 0. The van der Waals surface area contributed by atoms with Gasteiger partial charge in [0.15, 0.2) is 0 Å². The lowest BCUT2D eigenvalue weighted by Gasteiger charge is -2.27. The van der Waals surface area contributed by atoms with Crippen LogP contribution in [0.15, 0.2) is 0 Å². The molecule has 5 nitrogen and oxygen atoms in total. The van der Waals surface area contributed by atoms with Gasteiger partial charge in [0.25, 0.3) is 0 Å². The van der Waals surface area contributed by atoms with Crippen molar-refractivity contribution >= 4 is 12.0 Å². The van der Waals surface area contributed by atoms with Gasteiger partial charge in [-0.2, -0.15) is 0 Å². The first-order chi connectivity index (χ1) is 6.81. The van der Waals surface area contributed by atoms with Crippen LogP contribution >= 0.6 is 0 Å². The molecule has 0 radical (unpaired) electrons. The third-order valence-electron chi connectivity index (χ3n) is 2.21. The topological polar surface area (TPSA) is 72.6 Å². The molecular weight excluding hydrogens is 196 g/mol. The number of rotatable bonds is 1. The Bertz CT molecular complexity index is 279. The minimum absolute atomic E-state index is 0. The molecule has 0 saturated carbocycles. The molecule has 15 heavy (non-hydrogen) atoms. The first-order valence-corrected chi connectivity index (χ1v) is 5.10. The van der Waals surface area contributed by atoms with Crippen LogP contribution in [0.1, 0.15) is 36.5 Å². The number of likely N-dealkylation sites (tertiary alicyclic amines) is 1. The predicted molar refractivity (Wildman–Crippen MR) is 59.4 cm³/mol. The van der Waals surface area contributed by atoms with Crippen LogP contribution in [0, 0.1) is 0 Å². The number of hydrogen-bond donors (Lipinski definition) is 1. The van der Waals surface area contributed by atoms with Crippen molar-refractivity contribution in [3.8, 4) is 0 Å². The second-order valence-electron chi connectivity index (χ2n) is 4.73. The molecule has 1 heterocycles. The number of carbonyl (C=O) groups excluding carboxylic acids is 2. The van der Waals surface area contributed by atoms with Crippen molar-refractivity contribution in [2.75, 3.05) is 6.54 Å². The van der Waals surface area contributed by atoms with E-state index in [2.05, 4.69) is 0 Å². The third-order valence-corrected chi connectivity index (χ3v) is 2.21. The Hall–Kier alpha value is -1.26. The van der Waals surface area contributed by atoms with Crippen molar-refractivity contribution in [2.45, 2.75) is 45.3 Å². The SMILES string of the molecule is CC(C)(C)OC(=O)N1CCC[C@H]1C(N)=O.[HH].[HH]. The van der Waals surface area contributed by atoms with Crippen LogP contribution in [0.25, 0.3) is 0 Å².